The maximum absolute atomic E-state index is 8.70. The van der Waals surface area contributed by atoms with E-state index < -0.39 is 0 Å². The van der Waals surface area contributed by atoms with Crippen LogP contribution in [0.5, 0.6) is 0 Å². The van der Waals surface area contributed by atoms with Gasteiger partial charge in [0.15, 0.2) is 0 Å². The van der Waals surface area contributed by atoms with Crippen LogP contribution >= 0.6 is 0 Å². The van der Waals surface area contributed by atoms with E-state index >= 15 is 0 Å². The van der Waals surface area contributed by atoms with Gasteiger partial charge in [0.05, 0.1) is 0 Å². The van der Waals surface area contributed by atoms with Crippen molar-refractivity contribution in [1.82, 2.24) is 4.90 Å². The van der Waals surface area contributed by atoms with E-state index in [0.717, 1.165) is 12.8 Å². The van der Waals surface area contributed by atoms with Gasteiger partial charge in [-0.3, -0.25) is 0 Å². The van der Waals surface area contributed by atoms with Gasteiger partial charge in [-0.1, -0.05) is 51.9 Å². The molecule has 0 aliphatic carbocycles. The molecule has 2 nitrogen and oxygen atoms in total. The Kier molecular flexibility index (Phi) is 14.9. The molecule has 0 saturated carbocycles. The van der Waals surface area contributed by atoms with Crippen LogP contribution in [0.2, 0.25) is 0 Å². The predicted octanol–water partition coefficient (Wildman–Crippen LogP) is 4.22. The number of aliphatic hydroxyl groups is 1. The molecule has 0 unspecified atom stereocenters. The van der Waals surface area contributed by atoms with Crippen LogP contribution in [0.1, 0.15) is 77.6 Å². The van der Waals surface area contributed by atoms with Crippen molar-refractivity contribution in [2.75, 3.05) is 26.7 Å². The Morgan fingerprint density at radius 1 is 0.667 bits per heavy atom. The molecule has 0 atom stereocenters. The summed E-state index contributed by atoms with van der Waals surface area (Å²) in [6.07, 6.45) is 14.6. The third-order valence-electron chi connectivity index (χ3n) is 3.59. The van der Waals surface area contributed by atoms with Crippen molar-refractivity contribution >= 4 is 0 Å². The first kappa shape index (κ1) is 17.9. The van der Waals surface area contributed by atoms with Gasteiger partial charge < -0.3 is 10.0 Å². The van der Waals surface area contributed by atoms with Crippen LogP contribution in [0.15, 0.2) is 0 Å². The lowest BCUT2D eigenvalue weighted by atomic mass is 10.1. The van der Waals surface area contributed by atoms with Crippen molar-refractivity contribution in [2.24, 2.45) is 0 Å². The van der Waals surface area contributed by atoms with Crippen molar-refractivity contribution in [1.29, 1.82) is 0 Å². The molecule has 0 amide bonds. The molecule has 0 fully saturated rings. The molecule has 0 aliphatic heterocycles. The molecule has 0 aromatic carbocycles. The lowest BCUT2D eigenvalue weighted by molar-refractivity contribution is 0.271. The molecule has 0 rings (SSSR count). The van der Waals surface area contributed by atoms with Gasteiger partial charge in [-0.05, 0) is 45.8 Å². The second kappa shape index (κ2) is 15.0. The summed E-state index contributed by atoms with van der Waals surface area (Å²) < 4.78 is 0. The second-order valence-corrected chi connectivity index (χ2v) is 5.56. The fourth-order valence-corrected chi connectivity index (χ4v) is 2.30. The van der Waals surface area contributed by atoms with Crippen LogP contribution in [0.4, 0.5) is 0 Å². The van der Waals surface area contributed by atoms with E-state index in [9.17, 15) is 0 Å². The molecule has 1 N–H and O–H groups in total. The van der Waals surface area contributed by atoms with E-state index in [1.807, 2.05) is 0 Å². The van der Waals surface area contributed by atoms with Crippen molar-refractivity contribution in [3.05, 3.63) is 0 Å². The normalized spacial score (nSPS) is 11.3. The minimum Gasteiger partial charge on any atom is -0.396 e. The quantitative estimate of drug-likeness (QED) is 0.471. The van der Waals surface area contributed by atoms with Gasteiger partial charge in [0, 0.05) is 6.61 Å². The lowest BCUT2D eigenvalue weighted by Gasteiger charge is -2.16. The van der Waals surface area contributed by atoms with Gasteiger partial charge in [-0.2, -0.15) is 0 Å². The largest absolute Gasteiger partial charge is 0.396 e. The first-order valence-electron chi connectivity index (χ1n) is 8.10. The first-order valence-corrected chi connectivity index (χ1v) is 8.10. The molecule has 0 saturated heterocycles. The zero-order valence-electron chi connectivity index (χ0n) is 12.8. The summed E-state index contributed by atoms with van der Waals surface area (Å²) in [5.41, 5.74) is 0. The molecule has 0 aromatic rings. The monoisotopic (exact) mass is 257 g/mol. The molecular weight excluding hydrogens is 222 g/mol. The third-order valence-corrected chi connectivity index (χ3v) is 3.59. The maximum Gasteiger partial charge on any atom is 0.0431 e. The number of unbranched alkanes of at least 4 members (excludes halogenated alkanes) is 9. The summed E-state index contributed by atoms with van der Waals surface area (Å²) in [5, 5.41) is 8.70. The number of nitrogens with zero attached hydrogens (tertiary/aromatic N) is 1. The topological polar surface area (TPSA) is 23.5 Å². The van der Waals surface area contributed by atoms with Gasteiger partial charge in [-0.15, -0.1) is 0 Å². The molecule has 110 valence electrons. The fraction of sp³-hybridized carbons (Fsp3) is 1.00. The Morgan fingerprint density at radius 3 is 1.61 bits per heavy atom. The Morgan fingerprint density at radius 2 is 1.11 bits per heavy atom. The summed E-state index contributed by atoms with van der Waals surface area (Å²) in [7, 11) is 2.22. The fourth-order valence-electron chi connectivity index (χ4n) is 2.30. The highest BCUT2D eigenvalue weighted by Gasteiger charge is 1.98. The van der Waals surface area contributed by atoms with Crippen LogP contribution in [0.25, 0.3) is 0 Å². The molecule has 18 heavy (non-hydrogen) atoms. The van der Waals surface area contributed by atoms with Crippen molar-refractivity contribution in [2.45, 2.75) is 77.6 Å². The van der Waals surface area contributed by atoms with Crippen LogP contribution in [-0.4, -0.2) is 36.8 Å². The average Bonchev–Trinajstić information content (AvgIpc) is 2.38. The molecule has 0 heterocycles. The summed E-state index contributed by atoms with van der Waals surface area (Å²) in [6, 6.07) is 0. The number of hydrogen-bond acceptors (Lipinski definition) is 2. The number of rotatable bonds is 14. The van der Waals surface area contributed by atoms with Crippen molar-refractivity contribution < 1.29 is 5.11 Å². The highest BCUT2D eigenvalue weighted by atomic mass is 16.2. The highest BCUT2D eigenvalue weighted by molar-refractivity contribution is 4.53. The Labute approximate surface area is 115 Å². The van der Waals surface area contributed by atoms with Crippen LogP contribution in [-0.2, 0) is 0 Å². The Balaban J connectivity index is 3.08. The van der Waals surface area contributed by atoms with Crippen LogP contribution < -0.4 is 0 Å². The minimum absolute atomic E-state index is 0.349. The average molecular weight is 257 g/mol. The first-order chi connectivity index (χ1) is 8.81. The van der Waals surface area contributed by atoms with Crippen LogP contribution in [0.3, 0.4) is 0 Å². The SMILES string of the molecule is CCCCCCCCCCN(C)CCCCCO. The lowest BCUT2D eigenvalue weighted by Crippen LogP contribution is -2.20. The number of hydrogen-bond donors (Lipinski definition) is 1. The Bertz CT molecular complexity index is 150. The van der Waals surface area contributed by atoms with Gasteiger partial charge in [0.1, 0.15) is 0 Å². The summed E-state index contributed by atoms with van der Waals surface area (Å²) in [5.74, 6) is 0. The van der Waals surface area contributed by atoms with Gasteiger partial charge in [-0.25, -0.2) is 0 Å². The summed E-state index contributed by atoms with van der Waals surface area (Å²) >= 11 is 0. The van der Waals surface area contributed by atoms with E-state index in [1.54, 1.807) is 0 Å². The molecular formula is C16H35NO. The zero-order valence-corrected chi connectivity index (χ0v) is 12.8. The molecule has 0 spiro atoms. The molecule has 0 radical (unpaired) electrons. The van der Waals surface area contributed by atoms with Gasteiger partial charge in [0.25, 0.3) is 0 Å². The zero-order chi connectivity index (χ0) is 13.5. The van der Waals surface area contributed by atoms with Crippen molar-refractivity contribution in [3.8, 4) is 0 Å². The summed E-state index contributed by atoms with van der Waals surface area (Å²) in [4.78, 5) is 2.44. The van der Waals surface area contributed by atoms with E-state index in [1.165, 1.54) is 70.9 Å². The molecule has 0 bridgehead atoms. The van der Waals surface area contributed by atoms with E-state index in [-0.39, 0.29) is 0 Å². The second-order valence-electron chi connectivity index (χ2n) is 5.56. The van der Waals surface area contributed by atoms with Crippen LogP contribution in [0, 0.1) is 0 Å². The third kappa shape index (κ3) is 14.0. The Hall–Kier alpha value is -0.0800. The van der Waals surface area contributed by atoms with E-state index in [2.05, 4.69) is 18.9 Å². The van der Waals surface area contributed by atoms with E-state index in [0.29, 0.717) is 6.61 Å². The van der Waals surface area contributed by atoms with Gasteiger partial charge in [0.2, 0.25) is 0 Å². The smallest absolute Gasteiger partial charge is 0.0431 e. The maximum atomic E-state index is 8.70. The van der Waals surface area contributed by atoms with Crippen molar-refractivity contribution in [3.63, 3.8) is 0 Å². The molecule has 0 aromatic heterocycles. The van der Waals surface area contributed by atoms with Gasteiger partial charge >= 0.3 is 0 Å². The molecule has 0 aliphatic rings. The predicted molar refractivity (Wildman–Crippen MR) is 81.0 cm³/mol. The number of aliphatic hydroxyl groups excluding tert-OH is 1. The van der Waals surface area contributed by atoms with E-state index in [4.69, 9.17) is 5.11 Å². The standard InChI is InChI=1S/C16H35NO/c1-3-4-5-6-7-8-9-11-14-17(2)15-12-10-13-16-18/h18H,3-16H2,1-2H3. The minimum atomic E-state index is 0.349. The summed E-state index contributed by atoms with van der Waals surface area (Å²) in [6.45, 7) is 5.06. The highest BCUT2D eigenvalue weighted by Crippen LogP contribution is 2.08. The molecule has 2 heteroatoms.